The Hall–Kier alpha value is -1.45. The summed E-state index contributed by atoms with van der Waals surface area (Å²) in [7, 11) is 0. The van der Waals surface area contributed by atoms with Gasteiger partial charge in [0.2, 0.25) is 0 Å². The molecule has 0 aromatic heterocycles. The topological polar surface area (TPSA) is 20.2 Å². The van der Waals surface area contributed by atoms with Crippen molar-refractivity contribution in [1.82, 2.24) is 0 Å². The lowest BCUT2D eigenvalue weighted by Gasteiger charge is -2.13. The van der Waals surface area contributed by atoms with Gasteiger partial charge in [-0.05, 0) is 30.2 Å². The number of aliphatic hydroxyl groups excluding tert-OH is 1. The van der Waals surface area contributed by atoms with Gasteiger partial charge >= 0.3 is 0 Å². The van der Waals surface area contributed by atoms with Gasteiger partial charge in [0.25, 0.3) is 0 Å². The van der Waals surface area contributed by atoms with Crippen molar-refractivity contribution in [1.29, 1.82) is 0 Å². The summed E-state index contributed by atoms with van der Waals surface area (Å²) in [4.78, 5) is 0. The lowest BCUT2D eigenvalue weighted by Crippen LogP contribution is -2.04. The molecule has 0 amide bonds. The van der Waals surface area contributed by atoms with E-state index in [-0.39, 0.29) is 5.56 Å². The van der Waals surface area contributed by atoms with E-state index in [9.17, 15) is 13.9 Å². The fraction of sp³-hybridized carbons (Fsp3) is 0.143. The van der Waals surface area contributed by atoms with E-state index in [1.807, 2.05) is 0 Å². The van der Waals surface area contributed by atoms with E-state index < -0.39 is 17.7 Å². The lowest BCUT2D eigenvalue weighted by atomic mass is 9.99. The number of aryl methyl sites for hydroxylation is 1. The van der Waals surface area contributed by atoms with E-state index in [1.165, 1.54) is 12.1 Å². The third-order valence-corrected chi connectivity index (χ3v) is 3.20. The zero-order valence-electron chi connectivity index (χ0n) is 9.62. The SMILES string of the molecule is Cc1cc(C(O)c2cccc(F)c2F)ccc1Cl. The normalized spacial score (nSPS) is 12.5. The first-order valence-electron chi connectivity index (χ1n) is 5.38. The van der Waals surface area contributed by atoms with Crippen molar-refractivity contribution in [2.75, 3.05) is 0 Å². The van der Waals surface area contributed by atoms with Crippen LogP contribution in [0.4, 0.5) is 8.78 Å². The molecule has 0 heterocycles. The van der Waals surface area contributed by atoms with Gasteiger partial charge in [-0.2, -0.15) is 0 Å². The van der Waals surface area contributed by atoms with Crippen LogP contribution >= 0.6 is 11.6 Å². The van der Waals surface area contributed by atoms with Gasteiger partial charge in [0.15, 0.2) is 11.6 Å². The molecule has 1 N–H and O–H groups in total. The molecule has 1 atom stereocenters. The van der Waals surface area contributed by atoms with Crippen LogP contribution in [-0.2, 0) is 0 Å². The Morgan fingerprint density at radius 1 is 1.17 bits per heavy atom. The number of hydrogen-bond donors (Lipinski definition) is 1. The van der Waals surface area contributed by atoms with Crippen LogP contribution in [0.15, 0.2) is 36.4 Å². The standard InChI is InChI=1S/C14H11ClF2O/c1-8-7-9(5-6-11(8)15)14(18)10-3-2-4-12(16)13(10)17/h2-7,14,18H,1H3. The highest BCUT2D eigenvalue weighted by molar-refractivity contribution is 6.31. The average Bonchev–Trinajstić information content (AvgIpc) is 2.35. The molecule has 4 heteroatoms. The predicted octanol–water partition coefficient (Wildman–Crippen LogP) is 4.01. The molecular weight excluding hydrogens is 258 g/mol. The fourth-order valence-electron chi connectivity index (χ4n) is 1.75. The Morgan fingerprint density at radius 3 is 2.56 bits per heavy atom. The van der Waals surface area contributed by atoms with Crippen molar-refractivity contribution < 1.29 is 13.9 Å². The Kier molecular flexibility index (Phi) is 3.64. The highest BCUT2D eigenvalue weighted by Crippen LogP contribution is 2.28. The Morgan fingerprint density at radius 2 is 1.89 bits per heavy atom. The molecule has 0 radical (unpaired) electrons. The van der Waals surface area contributed by atoms with Gasteiger partial charge < -0.3 is 5.11 Å². The van der Waals surface area contributed by atoms with Gasteiger partial charge in [0.05, 0.1) is 0 Å². The maximum absolute atomic E-state index is 13.6. The van der Waals surface area contributed by atoms with Crippen LogP contribution in [-0.4, -0.2) is 5.11 Å². The van der Waals surface area contributed by atoms with E-state index in [4.69, 9.17) is 11.6 Å². The molecule has 18 heavy (non-hydrogen) atoms. The zero-order chi connectivity index (χ0) is 13.3. The number of rotatable bonds is 2. The van der Waals surface area contributed by atoms with Crippen LogP contribution in [0.5, 0.6) is 0 Å². The van der Waals surface area contributed by atoms with Crippen LogP contribution in [0, 0.1) is 18.6 Å². The quantitative estimate of drug-likeness (QED) is 0.873. The van der Waals surface area contributed by atoms with Crippen LogP contribution in [0.3, 0.4) is 0 Å². The average molecular weight is 269 g/mol. The summed E-state index contributed by atoms with van der Waals surface area (Å²) in [5, 5.41) is 10.6. The van der Waals surface area contributed by atoms with Crippen LogP contribution in [0.25, 0.3) is 0 Å². The maximum Gasteiger partial charge on any atom is 0.164 e. The molecule has 0 saturated carbocycles. The summed E-state index contributed by atoms with van der Waals surface area (Å²) >= 11 is 5.87. The van der Waals surface area contributed by atoms with E-state index >= 15 is 0 Å². The van der Waals surface area contributed by atoms with Crippen molar-refractivity contribution in [3.8, 4) is 0 Å². The largest absolute Gasteiger partial charge is 0.384 e. The van der Waals surface area contributed by atoms with Gasteiger partial charge in [0, 0.05) is 10.6 Å². The first-order valence-corrected chi connectivity index (χ1v) is 5.76. The summed E-state index contributed by atoms with van der Waals surface area (Å²) in [6.45, 7) is 1.78. The van der Waals surface area contributed by atoms with Gasteiger partial charge in [-0.15, -0.1) is 0 Å². The molecule has 0 aliphatic heterocycles. The number of halogens is 3. The van der Waals surface area contributed by atoms with Gasteiger partial charge in [0.1, 0.15) is 6.10 Å². The minimum Gasteiger partial charge on any atom is -0.384 e. The van der Waals surface area contributed by atoms with Crippen LogP contribution in [0.2, 0.25) is 5.02 Å². The third-order valence-electron chi connectivity index (χ3n) is 2.77. The van der Waals surface area contributed by atoms with Crippen molar-refractivity contribution >= 4 is 11.6 Å². The summed E-state index contributed by atoms with van der Waals surface area (Å²) in [5.74, 6) is -2.00. The molecule has 2 aromatic rings. The van der Waals surface area contributed by atoms with Crippen LogP contribution in [0.1, 0.15) is 22.8 Å². The summed E-state index contributed by atoms with van der Waals surface area (Å²) in [5.41, 5.74) is 1.16. The van der Waals surface area contributed by atoms with Crippen molar-refractivity contribution in [2.24, 2.45) is 0 Å². The molecule has 0 spiro atoms. The van der Waals surface area contributed by atoms with E-state index in [1.54, 1.807) is 25.1 Å². The molecule has 94 valence electrons. The summed E-state index contributed by atoms with van der Waals surface area (Å²) in [6, 6.07) is 8.58. The maximum atomic E-state index is 13.6. The second-order valence-electron chi connectivity index (χ2n) is 4.05. The van der Waals surface area contributed by atoms with Crippen molar-refractivity contribution in [3.63, 3.8) is 0 Å². The first-order chi connectivity index (χ1) is 8.50. The van der Waals surface area contributed by atoms with Crippen molar-refractivity contribution in [2.45, 2.75) is 13.0 Å². The molecular formula is C14H11ClF2O. The highest BCUT2D eigenvalue weighted by Gasteiger charge is 2.17. The number of benzene rings is 2. The van der Waals surface area contributed by atoms with Crippen molar-refractivity contribution in [3.05, 3.63) is 69.7 Å². The monoisotopic (exact) mass is 268 g/mol. The molecule has 2 rings (SSSR count). The predicted molar refractivity (Wildman–Crippen MR) is 66.6 cm³/mol. The molecule has 0 bridgehead atoms. The smallest absolute Gasteiger partial charge is 0.164 e. The Labute approximate surface area is 109 Å². The Balaban J connectivity index is 2.44. The molecule has 1 unspecified atom stereocenters. The van der Waals surface area contributed by atoms with Crippen LogP contribution < -0.4 is 0 Å². The van der Waals surface area contributed by atoms with Gasteiger partial charge in [-0.25, -0.2) is 8.78 Å². The van der Waals surface area contributed by atoms with Gasteiger partial charge in [-0.1, -0.05) is 35.9 Å². The molecule has 0 saturated heterocycles. The molecule has 2 aromatic carbocycles. The lowest BCUT2D eigenvalue weighted by molar-refractivity contribution is 0.213. The number of aliphatic hydroxyl groups is 1. The zero-order valence-corrected chi connectivity index (χ0v) is 10.4. The van der Waals surface area contributed by atoms with Gasteiger partial charge in [-0.3, -0.25) is 0 Å². The summed E-state index contributed by atoms with van der Waals surface area (Å²) < 4.78 is 26.6. The third kappa shape index (κ3) is 2.37. The van der Waals surface area contributed by atoms with E-state index in [0.717, 1.165) is 11.6 Å². The molecule has 0 fully saturated rings. The number of hydrogen-bond acceptors (Lipinski definition) is 1. The minimum absolute atomic E-state index is 0.0864. The van der Waals surface area contributed by atoms with E-state index in [0.29, 0.717) is 10.6 Å². The highest BCUT2D eigenvalue weighted by atomic mass is 35.5. The second-order valence-corrected chi connectivity index (χ2v) is 4.46. The molecule has 0 aliphatic rings. The first kappa shape index (κ1) is 13.0. The fourth-order valence-corrected chi connectivity index (χ4v) is 1.87. The minimum atomic E-state index is -1.21. The second kappa shape index (κ2) is 5.04. The molecule has 1 nitrogen and oxygen atoms in total. The molecule has 0 aliphatic carbocycles. The van der Waals surface area contributed by atoms with E-state index in [2.05, 4.69) is 0 Å². The Bertz CT molecular complexity index is 584. The summed E-state index contributed by atoms with van der Waals surface area (Å²) in [6.07, 6.45) is -1.21.